The zero-order chi connectivity index (χ0) is 25.6. The molecule has 11 heteroatoms. The van der Waals surface area contributed by atoms with E-state index in [1.165, 1.54) is 37.3 Å². The molecule has 0 aliphatic heterocycles. The molecule has 2 rings (SSSR count). The maximum atomic E-state index is 13.1. The van der Waals surface area contributed by atoms with Gasteiger partial charge in [0.1, 0.15) is 11.9 Å². The van der Waals surface area contributed by atoms with E-state index in [0.717, 1.165) is 12.1 Å². The van der Waals surface area contributed by atoms with E-state index in [0.29, 0.717) is 5.56 Å². The fourth-order valence-electron chi connectivity index (χ4n) is 2.99. The number of halogens is 2. The van der Waals surface area contributed by atoms with Crippen LogP contribution >= 0.6 is 11.6 Å². The number of carbonyl (C=O) groups is 3. The van der Waals surface area contributed by atoms with Crippen molar-refractivity contribution in [2.24, 2.45) is 5.92 Å². The Morgan fingerprint density at radius 2 is 1.65 bits per heavy atom. The van der Waals surface area contributed by atoms with Crippen LogP contribution in [0, 0.1) is 21.8 Å². The van der Waals surface area contributed by atoms with E-state index in [1.807, 2.05) is 0 Å². The first-order valence-corrected chi connectivity index (χ1v) is 10.8. The van der Waals surface area contributed by atoms with Gasteiger partial charge in [-0.15, -0.1) is 0 Å². The Balaban J connectivity index is 2.03. The van der Waals surface area contributed by atoms with Gasteiger partial charge in [0, 0.05) is 12.1 Å². The van der Waals surface area contributed by atoms with E-state index in [2.05, 4.69) is 10.6 Å². The standard InChI is InChI=1S/C23H25ClFN3O6/c1-12(2)20(27-22(30)18-10-9-17(28(32)33)11-19(18)24)23(31)34-14(4)21(29)26-13(3)15-5-7-16(25)8-6-15/h5-14,20H,1-4H3,(H,26,29)(H,27,30). The maximum absolute atomic E-state index is 13.1. The molecule has 182 valence electrons. The number of hydrogen-bond acceptors (Lipinski definition) is 6. The van der Waals surface area contributed by atoms with E-state index < -0.39 is 52.6 Å². The molecule has 0 aromatic heterocycles. The van der Waals surface area contributed by atoms with Crippen LogP contribution in [-0.2, 0) is 14.3 Å². The van der Waals surface area contributed by atoms with Crippen molar-refractivity contribution in [1.82, 2.24) is 10.6 Å². The normalized spacial score (nSPS) is 13.5. The lowest BCUT2D eigenvalue weighted by molar-refractivity contribution is -0.384. The summed E-state index contributed by atoms with van der Waals surface area (Å²) < 4.78 is 18.3. The number of ether oxygens (including phenoxy) is 1. The lowest BCUT2D eigenvalue weighted by Crippen LogP contribution is -2.48. The number of benzene rings is 2. The Morgan fingerprint density at radius 3 is 2.18 bits per heavy atom. The third-order valence-electron chi connectivity index (χ3n) is 5.01. The smallest absolute Gasteiger partial charge is 0.329 e. The molecule has 0 radical (unpaired) electrons. The first kappa shape index (κ1) is 26.7. The Bertz CT molecular complexity index is 1080. The number of rotatable bonds is 9. The minimum absolute atomic E-state index is 0.0513. The molecule has 0 saturated carbocycles. The molecule has 0 aliphatic carbocycles. The Labute approximate surface area is 200 Å². The molecule has 2 amide bonds. The third kappa shape index (κ3) is 6.98. The molecule has 0 aliphatic rings. The summed E-state index contributed by atoms with van der Waals surface area (Å²) in [5.41, 5.74) is 0.335. The topological polar surface area (TPSA) is 128 Å². The molecule has 34 heavy (non-hydrogen) atoms. The summed E-state index contributed by atoms with van der Waals surface area (Å²) in [7, 11) is 0. The highest BCUT2D eigenvalue weighted by atomic mass is 35.5. The number of esters is 1. The second kappa shape index (κ2) is 11.6. The first-order valence-electron chi connectivity index (χ1n) is 10.4. The van der Waals surface area contributed by atoms with Gasteiger partial charge in [0.15, 0.2) is 6.10 Å². The molecule has 3 unspecified atom stereocenters. The lowest BCUT2D eigenvalue weighted by Gasteiger charge is -2.24. The SMILES string of the molecule is CC(OC(=O)C(NC(=O)c1ccc([N+](=O)[O-])cc1Cl)C(C)C)C(=O)NC(C)c1ccc(F)cc1. The molecule has 0 saturated heterocycles. The molecule has 3 atom stereocenters. The second-order valence-electron chi connectivity index (χ2n) is 7.98. The van der Waals surface area contributed by atoms with Crippen LogP contribution < -0.4 is 10.6 Å². The highest BCUT2D eigenvalue weighted by molar-refractivity contribution is 6.34. The van der Waals surface area contributed by atoms with Crippen molar-refractivity contribution in [3.63, 3.8) is 0 Å². The van der Waals surface area contributed by atoms with Gasteiger partial charge in [-0.05, 0) is 43.5 Å². The molecule has 0 heterocycles. The zero-order valence-electron chi connectivity index (χ0n) is 19.0. The summed E-state index contributed by atoms with van der Waals surface area (Å²) in [6.45, 7) is 6.43. The lowest BCUT2D eigenvalue weighted by atomic mass is 10.0. The van der Waals surface area contributed by atoms with Crippen molar-refractivity contribution in [2.45, 2.75) is 45.9 Å². The Kier molecular flexibility index (Phi) is 9.08. The Hall–Kier alpha value is -3.53. The van der Waals surface area contributed by atoms with Crippen molar-refractivity contribution >= 4 is 35.1 Å². The summed E-state index contributed by atoms with van der Waals surface area (Å²) in [5, 5.41) is 15.9. The van der Waals surface area contributed by atoms with Gasteiger partial charge in [-0.1, -0.05) is 37.6 Å². The minimum Gasteiger partial charge on any atom is -0.451 e. The Morgan fingerprint density at radius 1 is 1.03 bits per heavy atom. The largest absolute Gasteiger partial charge is 0.451 e. The predicted molar refractivity (Wildman–Crippen MR) is 123 cm³/mol. The number of carbonyl (C=O) groups excluding carboxylic acids is 3. The predicted octanol–water partition coefficient (Wildman–Crippen LogP) is 3.95. The molecular weight excluding hydrogens is 469 g/mol. The van der Waals surface area contributed by atoms with Gasteiger partial charge >= 0.3 is 5.97 Å². The van der Waals surface area contributed by atoms with Crippen molar-refractivity contribution in [3.05, 3.63) is 74.5 Å². The quantitative estimate of drug-likeness (QED) is 0.309. The van der Waals surface area contributed by atoms with E-state index in [9.17, 15) is 28.9 Å². The summed E-state index contributed by atoms with van der Waals surface area (Å²) >= 11 is 5.99. The number of nitrogens with one attached hydrogen (secondary N) is 2. The fourth-order valence-corrected chi connectivity index (χ4v) is 3.25. The number of amides is 2. The molecule has 2 N–H and O–H groups in total. The second-order valence-corrected chi connectivity index (χ2v) is 8.38. The summed E-state index contributed by atoms with van der Waals surface area (Å²) in [6.07, 6.45) is -1.17. The average molecular weight is 494 g/mol. The van der Waals surface area contributed by atoms with Crippen LogP contribution in [0.25, 0.3) is 0 Å². The van der Waals surface area contributed by atoms with Crippen LogP contribution in [0.5, 0.6) is 0 Å². The van der Waals surface area contributed by atoms with E-state index in [-0.39, 0.29) is 16.3 Å². The average Bonchev–Trinajstić information content (AvgIpc) is 2.76. The van der Waals surface area contributed by atoms with Crippen molar-refractivity contribution in [1.29, 1.82) is 0 Å². The molecule has 2 aromatic carbocycles. The number of hydrogen-bond donors (Lipinski definition) is 2. The van der Waals surface area contributed by atoms with Crippen LogP contribution in [0.1, 0.15) is 49.7 Å². The van der Waals surface area contributed by atoms with Gasteiger partial charge in [0.2, 0.25) is 0 Å². The molecule has 2 aromatic rings. The van der Waals surface area contributed by atoms with Crippen molar-refractivity contribution in [2.75, 3.05) is 0 Å². The highest BCUT2D eigenvalue weighted by Crippen LogP contribution is 2.23. The number of nitro groups is 1. The van der Waals surface area contributed by atoms with Gasteiger partial charge in [0.25, 0.3) is 17.5 Å². The third-order valence-corrected chi connectivity index (χ3v) is 5.32. The summed E-state index contributed by atoms with van der Waals surface area (Å²) in [5.74, 6) is -2.93. The number of nitro benzene ring substituents is 1. The highest BCUT2D eigenvalue weighted by Gasteiger charge is 2.30. The van der Waals surface area contributed by atoms with Crippen molar-refractivity contribution in [3.8, 4) is 0 Å². The van der Waals surface area contributed by atoms with Gasteiger partial charge in [-0.2, -0.15) is 0 Å². The maximum Gasteiger partial charge on any atom is 0.329 e. The molecule has 0 fully saturated rings. The number of non-ortho nitro benzene ring substituents is 1. The number of nitrogens with zero attached hydrogens (tertiary/aromatic N) is 1. The van der Waals surface area contributed by atoms with Crippen LogP contribution in [0.2, 0.25) is 5.02 Å². The van der Waals surface area contributed by atoms with Crippen molar-refractivity contribution < 1.29 is 28.4 Å². The molecule has 0 spiro atoms. The van der Waals surface area contributed by atoms with E-state index >= 15 is 0 Å². The fraction of sp³-hybridized carbons (Fsp3) is 0.348. The summed E-state index contributed by atoms with van der Waals surface area (Å²) in [4.78, 5) is 48.0. The van der Waals surface area contributed by atoms with Crippen LogP contribution in [0.4, 0.5) is 10.1 Å². The molecule has 9 nitrogen and oxygen atoms in total. The van der Waals surface area contributed by atoms with Crippen LogP contribution in [-0.4, -0.2) is 34.9 Å². The van der Waals surface area contributed by atoms with Gasteiger partial charge < -0.3 is 15.4 Å². The van der Waals surface area contributed by atoms with Gasteiger partial charge in [-0.25, -0.2) is 9.18 Å². The minimum atomic E-state index is -1.17. The zero-order valence-corrected chi connectivity index (χ0v) is 19.8. The van der Waals surface area contributed by atoms with E-state index in [1.54, 1.807) is 20.8 Å². The van der Waals surface area contributed by atoms with E-state index in [4.69, 9.17) is 16.3 Å². The van der Waals surface area contributed by atoms with Crippen LogP contribution in [0.15, 0.2) is 42.5 Å². The first-order chi connectivity index (χ1) is 15.9. The summed E-state index contributed by atoms with van der Waals surface area (Å²) in [6, 6.07) is 7.39. The molecule has 0 bridgehead atoms. The monoisotopic (exact) mass is 493 g/mol. The van der Waals surface area contributed by atoms with Gasteiger partial charge in [0.05, 0.1) is 21.6 Å². The van der Waals surface area contributed by atoms with Gasteiger partial charge in [-0.3, -0.25) is 19.7 Å². The van der Waals surface area contributed by atoms with Crippen LogP contribution in [0.3, 0.4) is 0 Å². The molecular formula is C23H25ClFN3O6.